The van der Waals surface area contributed by atoms with Crippen molar-refractivity contribution in [3.63, 3.8) is 0 Å². The summed E-state index contributed by atoms with van der Waals surface area (Å²) in [7, 11) is 0. The van der Waals surface area contributed by atoms with Crippen molar-refractivity contribution in [3.8, 4) is 0 Å². The molecule has 0 unspecified atom stereocenters. The molecule has 0 bridgehead atoms. The molecule has 32 heavy (non-hydrogen) atoms. The number of nitrogens with zero attached hydrogens (tertiary/aromatic N) is 2. The van der Waals surface area contributed by atoms with Gasteiger partial charge >= 0.3 is 0 Å². The van der Waals surface area contributed by atoms with Gasteiger partial charge in [-0.15, -0.1) is 11.3 Å². The first-order chi connectivity index (χ1) is 15.7. The van der Waals surface area contributed by atoms with Crippen molar-refractivity contribution in [2.45, 2.75) is 38.6 Å². The van der Waals surface area contributed by atoms with Crippen LogP contribution in [0.1, 0.15) is 29.7 Å². The van der Waals surface area contributed by atoms with E-state index < -0.39 is 0 Å². The fourth-order valence-electron chi connectivity index (χ4n) is 4.11. The minimum atomic E-state index is -0.131. The first kappa shape index (κ1) is 20.5. The van der Waals surface area contributed by atoms with Gasteiger partial charge in [-0.05, 0) is 67.6 Å². The van der Waals surface area contributed by atoms with Crippen molar-refractivity contribution in [3.05, 3.63) is 81.7 Å². The normalized spacial score (nSPS) is 13.0. The molecule has 5 rings (SSSR count). The third-order valence-corrected chi connectivity index (χ3v) is 6.95. The second kappa shape index (κ2) is 8.96. The van der Waals surface area contributed by atoms with Crippen molar-refractivity contribution in [1.29, 1.82) is 0 Å². The summed E-state index contributed by atoms with van der Waals surface area (Å²) in [5.41, 5.74) is 3.82. The molecule has 2 aromatic carbocycles. The summed E-state index contributed by atoms with van der Waals surface area (Å²) in [6.45, 7) is 0.311. The molecular weight excluding hydrogens is 420 g/mol. The number of rotatable bonds is 6. The van der Waals surface area contributed by atoms with Crippen LogP contribution in [0.4, 0.5) is 17.1 Å². The fraction of sp³-hybridized carbons (Fsp3) is 0.240. The Morgan fingerprint density at radius 3 is 2.50 bits per heavy atom. The van der Waals surface area contributed by atoms with E-state index in [9.17, 15) is 9.59 Å². The lowest BCUT2D eigenvalue weighted by Gasteiger charge is -2.11. The highest BCUT2D eigenvalue weighted by Gasteiger charge is 2.20. The Morgan fingerprint density at radius 1 is 0.969 bits per heavy atom. The summed E-state index contributed by atoms with van der Waals surface area (Å²) >= 11 is 1.64. The predicted octanol–water partition coefficient (Wildman–Crippen LogP) is 5.11. The number of hydrogen-bond donors (Lipinski definition) is 2. The highest BCUT2D eigenvalue weighted by molar-refractivity contribution is 7.18. The van der Waals surface area contributed by atoms with Gasteiger partial charge in [0.1, 0.15) is 4.83 Å². The number of amides is 1. The second-order valence-corrected chi connectivity index (χ2v) is 9.08. The standard InChI is InChI=1S/C25H24N4O2S/c30-22(28-19-12-10-18(11-13-19)27-17-6-2-1-3-7-17)14-15-29-16-26-24-23(25(29)31)20-8-4-5-9-21(20)32-24/h1-3,6-7,10-13,16,27H,4-5,8-9,14-15H2,(H,28,30). The maximum atomic E-state index is 13.0. The van der Waals surface area contributed by atoms with Gasteiger partial charge in [0, 0.05) is 34.9 Å². The van der Waals surface area contributed by atoms with Crippen LogP contribution < -0.4 is 16.2 Å². The Labute approximate surface area is 189 Å². The van der Waals surface area contributed by atoms with Crippen LogP contribution in [0.15, 0.2) is 65.7 Å². The lowest BCUT2D eigenvalue weighted by atomic mass is 9.97. The molecule has 1 aliphatic rings. The van der Waals surface area contributed by atoms with E-state index in [4.69, 9.17) is 0 Å². The highest BCUT2D eigenvalue weighted by Crippen LogP contribution is 2.33. The Hall–Kier alpha value is -3.45. The molecule has 6 nitrogen and oxygen atoms in total. The molecule has 0 fully saturated rings. The van der Waals surface area contributed by atoms with E-state index in [1.54, 1.807) is 22.2 Å². The SMILES string of the molecule is O=C(CCn1cnc2sc3c(c2c1=O)CCCC3)Nc1ccc(Nc2ccccc2)cc1. The third kappa shape index (κ3) is 4.29. The first-order valence-electron chi connectivity index (χ1n) is 10.9. The van der Waals surface area contributed by atoms with Gasteiger partial charge in [-0.25, -0.2) is 4.98 Å². The van der Waals surface area contributed by atoms with Crippen LogP contribution in [0.3, 0.4) is 0 Å². The van der Waals surface area contributed by atoms with Crippen LogP contribution >= 0.6 is 11.3 Å². The summed E-state index contributed by atoms with van der Waals surface area (Å²) in [5.74, 6) is -0.131. The van der Waals surface area contributed by atoms with Gasteiger partial charge in [0.15, 0.2) is 0 Å². The van der Waals surface area contributed by atoms with Crippen LogP contribution in [-0.2, 0) is 24.2 Å². The molecule has 2 N–H and O–H groups in total. The molecule has 162 valence electrons. The van der Waals surface area contributed by atoms with E-state index in [1.165, 1.54) is 16.9 Å². The van der Waals surface area contributed by atoms with E-state index in [-0.39, 0.29) is 17.9 Å². The van der Waals surface area contributed by atoms with Crippen LogP contribution in [-0.4, -0.2) is 15.5 Å². The summed E-state index contributed by atoms with van der Waals surface area (Å²) < 4.78 is 1.57. The molecule has 2 aromatic heterocycles. The molecule has 1 aliphatic carbocycles. The molecule has 0 spiro atoms. The van der Waals surface area contributed by atoms with Crippen molar-refractivity contribution in [2.24, 2.45) is 0 Å². The van der Waals surface area contributed by atoms with Gasteiger partial charge in [0.25, 0.3) is 5.56 Å². The van der Waals surface area contributed by atoms with Gasteiger partial charge in [-0.3, -0.25) is 14.2 Å². The van der Waals surface area contributed by atoms with Crippen LogP contribution in [0.5, 0.6) is 0 Å². The number of aromatic nitrogens is 2. The largest absolute Gasteiger partial charge is 0.356 e. The van der Waals surface area contributed by atoms with Gasteiger partial charge in [0.2, 0.25) is 5.91 Å². The highest BCUT2D eigenvalue weighted by atomic mass is 32.1. The smallest absolute Gasteiger partial charge is 0.262 e. The molecule has 1 amide bonds. The van der Waals surface area contributed by atoms with E-state index in [1.807, 2.05) is 54.6 Å². The number of benzene rings is 2. The first-order valence-corrected chi connectivity index (χ1v) is 11.7. The zero-order chi connectivity index (χ0) is 21.9. The molecule has 0 aliphatic heterocycles. The quantitative estimate of drug-likeness (QED) is 0.433. The number of anilines is 3. The number of thiophene rings is 1. The van der Waals surface area contributed by atoms with E-state index in [2.05, 4.69) is 15.6 Å². The number of carbonyl (C=O) groups is 1. The summed E-state index contributed by atoms with van der Waals surface area (Å²) in [6.07, 6.45) is 6.07. The topological polar surface area (TPSA) is 76.0 Å². The van der Waals surface area contributed by atoms with Gasteiger partial charge in [-0.1, -0.05) is 18.2 Å². The maximum Gasteiger partial charge on any atom is 0.262 e. The van der Waals surface area contributed by atoms with Gasteiger partial charge in [-0.2, -0.15) is 0 Å². The van der Waals surface area contributed by atoms with Crippen molar-refractivity contribution < 1.29 is 4.79 Å². The fourth-order valence-corrected chi connectivity index (χ4v) is 5.33. The Kier molecular flexibility index (Phi) is 5.73. The van der Waals surface area contributed by atoms with Crippen molar-refractivity contribution in [2.75, 3.05) is 10.6 Å². The number of para-hydroxylation sites is 1. The van der Waals surface area contributed by atoms with E-state index in [0.717, 1.165) is 46.5 Å². The number of aryl methyl sites for hydroxylation is 3. The third-order valence-electron chi connectivity index (χ3n) is 5.75. The Bertz CT molecular complexity index is 1310. The molecule has 0 radical (unpaired) electrons. The summed E-state index contributed by atoms with van der Waals surface area (Å²) in [4.78, 5) is 32.1. The molecule has 7 heteroatoms. The molecule has 4 aromatic rings. The predicted molar refractivity (Wildman–Crippen MR) is 130 cm³/mol. The van der Waals surface area contributed by atoms with Crippen molar-refractivity contribution in [1.82, 2.24) is 9.55 Å². The zero-order valence-corrected chi connectivity index (χ0v) is 18.5. The average molecular weight is 445 g/mol. The molecule has 0 saturated heterocycles. The number of nitrogens with one attached hydrogen (secondary N) is 2. The monoisotopic (exact) mass is 444 g/mol. The van der Waals surface area contributed by atoms with E-state index >= 15 is 0 Å². The number of carbonyl (C=O) groups excluding carboxylic acids is 1. The molecule has 0 saturated carbocycles. The maximum absolute atomic E-state index is 13.0. The van der Waals surface area contributed by atoms with Crippen molar-refractivity contribution >= 4 is 44.5 Å². The Balaban J connectivity index is 1.22. The minimum Gasteiger partial charge on any atom is -0.356 e. The second-order valence-electron chi connectivity index (χ2n) is 8.00. The zero-order valence-electron chi connectivity index (χ0n) is 17.6. The molecule has 2 heterocycles. The number of hydrogen-bond acceptors (Lipinski definition) is 5. The summed E-state index contributed by atoms with van der Waals surface area (Å²) in [5, 5.41) is 6.98. The number of fused-ring (bicyclic) bond motifs is 3. The minimum absolute atomic E-state index is 0.0291. The van der Waals surface area contributed by atoms with Crippen LogP contribution in [0.2, 0.25) is 0 Å². The van der Waals surface area contributed by atoms with E-state index in [0.29, 0.717) is 6.54 Å². The summed E-state index contributed by atoms with van der Waals surface area (Å²) in [6, 6.07) is 17.5. The van der Waals surface area contributed by atoms with Gasteiger partial charge < -0.3 is 10.6 Å². The van der Waals surface area contributed by atoms with Crippen LogP contribution in [0, 0.1) is 0 Å². The lowest BCUT2D eigenvalue weighted by molar-refractivity contribution is -0.116. The lowest BCUT2D eigenvalue weighted by Crippen LogP contribution is -2.24. The molecule has 0 atom stereocenters. The Morgan fingerprint density at radius 2 is 1.69 bits per heavy atom. The van der Waals surface area contributed by atoms with Gasteiger partial charge in [0.05, 0.1) is 11.7 Å². The molecular formula is C25H24N4O2S. The average Bonchev–Trinajstić information content (AvgIpc) is 3.20. The van der Waals surface area contributed by atoms with Crippen LogP contribution in [0.25, 0.3) is 10.2 Å².